The van der Waals surface area contributed by atoms with Crippen molar-refractivity contribution in [3.05, 3.63) is 99.6 Å². The normalized spacial score (nSPS) is 12.8. The van der Waals surface area contributed by atoms with Gasteiger partial charge in [-0.25, -0.2) is 4.79 Å². The van der Waals surface area contributed by atoms with Crippen molar-refractivity contribution in [2.24, 2.45) is 0 Å². The molecule has 3 aromatic carbocycles. The highest BCUT2D eigenvalue weighted by molar-refractivity contribution is 6.30. The van der Waals surface area contributed by atoms with E-state index in [-0.39, 0.29) is 11.9 Å². The van der Waals surface area contributed by atoms with Gasteiger partial charge < -0.3 is 14.6 Å². The summed E-state index contributed by atoms with van der Waals surface area (Å²) in [5.74, 6) is 0.203. The summed E-state index contributed by atoms with van der Waals surface area (Å²) >= 11 is 6.23. The number of hydrogen-bond donors (Lipinski definition) is 1. The van der Waals surface area contributed by atoms with Gasteiger partial charge in [0.25, 0.3) is 0 Å². The van der Waals surface area contributed by atoms with Crippen molar-refractivity contribution in [1.29, 1.82) is 0 Å². The van der Waals surface area contributed by atoms with Gasteiger partial charge in [-0.2, -0.15) is 0 Å². The van der Waals surface area contributed by atoms with Gasteiger partial charge in [-0.05, 0) is 85.3 Å². The minimum absolute atomic E-state index is 0.110. The fraction of sp³-hybridized carbons (Fsp3) is 0.296. The number of aryl methyl sites for hydroxylation is 2. The largest absolute Gasteiger partial charge is 0.494 e. The summed E-state index contributed by atoms with van der Waals surface area (Å²) in [6.45, 7) is 4.61. The summed E-state index contributed by atoms with van der Waals surface area (Å²) < 4.78 is 10.6. The third-order valence-electron chi connectivity index (χ3n) is 5.73. The number of aliphatic hydroxyl groups is 1. The number of hydrogen-bond acceptors (Lipinski definition) is 4. The van der Waals surface area contributed by atoms with E-state index in [4.69, 9.17) is 21.1 Å². The minimum Gasteiger partial charge on any atom is -0.494 e. The number of methoxy groups -OCH3 is 1. The van der Waals surface area contributed by atoms with Crippen molar-refractivity contribution < 1.29 is 19.4 Å². The molecule has 0 aliphatic heterocycles. The smallest absolute Gasteiger partial charge is 0.337 e. The highest BCUT2D eigenvalue weighted by Crippen LogP contribution is 2.36. The number of carbonyl (C=O) groups is 1. The quantitative estimate of drug-likeness (QED) is 0.300. The van der Waals surface area contributed by atoms with Gasteiger partial charge in [0.2, 0.25) is 0 Å². The Kier molecular flexibility index (Phi) is 8.32. The third-order valence-corrected chi connectivity index (χ3v) is 5.97. The second kappa shape index (κ2) is 11.2. The van der Waals surface area contributed by atoms with E-state index in [0.29, 0.717) is 22.9 Å². The maximum atomic E-state index is 11.5. The van der Waals surface area contributed by atoms with Gasteiger partial charge in [-0.3, -0.25) is 0 Å². The Bertz CT molecular complexity index is 1050. The Morgan fingerprint density at radius 3 is 2.38 bits per heavy atom. The SMILES string of the molecule is COC(=O)c1ccc(OCCCC(c2cccc(Cl)c2)C(O)c2ccc(C)c(C)c2)cc1. The van der Waals surface area contributed by atoms with Gasteiger partial charge >= 0.3 is 5.97 Å². The van der Waals surface area contributed by atoms with E-state index >= 15 is 0 Å². The highest BCUT2D eigenvalue weighted by atomic mass is 35.5. The van der Waals surface area contributed by atoms with Crippen LogP contribution in [0, 0.1) is 13.8 Å². The van der Waals surface area contributed by atoms with E-state index < -0.39 is 6.10 Å². The predicted molar refractivity (Wildman–Crippen MR) is 128 cm³/mol. The van der Waals surface area contributed by atoms with Crippen LogP contribution in [-0.4, -0.2) is 24.8 Å². The molecule has 5 heteroatoms. The van der Waals surface area contributed by atoms with E-state index in [0.717, 1.165) is 29.5 Å². The molecule has 0 aliphatic rings. The maximum Gasteiger partial charge on any atom is 0.337 e. The Morgan fingerprint density at radius 1 is 0.969 bits per heavy atom. The van der Waals surface area contributed by atoms with Crippen LogP contribution in [0.4, 0.5) is 0 Å². The van der Waals surface area contributed by atoms with Crippen molar-refractivity contribution in [2.75, 3.05) is 13.7 Å². The first kappa shape index (κ1) is 23.8. The fourth-order valence-corrected chi connectivity index (χ4v) is 3.92. The molecule has 0 saturated carbocycles. The standard InChI is InChI=1S/C27H29ClO4/c1-18-9-10-22(16-19(18)2)26(29)25(21-6-4-7-23(28)17-21)8-5-15-32-24-13-11-20(12-14-24)27(30)31-3/h4,6-7,9-14,16-17,25-26,29H,5,8,15H2,1-3H3. The Balaban J connectivity index is 1.68. The zero-order valence-electron chi connectivity index (χ0n) is 18.7. The zero-order valence-corrected chi connectivity index (χ0v) is 19.4. The molecular weight excluding hydrogens is 424 g/mol. The van der Waals surface area contributed by atoms with Crippen molar-refractivity contribution in [3.8, 4) is 5.75 Å². The summed E-state index contributed by atoms with van der Waals surface area (Å²) in [5.41, 5.74) is 4.75. The van der Waals surface area contributed by atoms with E-state index in [1.165, 1.54) is 12.7 Å². The third kappa shape index (κ3) is 6.12. The first-order valence-electron chi connectivity index (χ1n) is 10.7. The van der Waals surface area contributed by atoms with Crippen LogP contribution in [0.5, 0.6) is 5.75 Å². The number of halogens is 1. The molecule has 1 N–H and O–H groups in total. The lowest BCUT2D eigenvalue weighted by molar-refractivity contribution is 0.0600. The highest BCUT2D eigenvalue weighted by Gasteiger charge is 2.23. The van der Waals surface area contributed by atoms with E-state index in [2.05, 4.69) is 19.9 Å². The Morgan fingerprint density at radius 2 is 1.72 bits per heavy atom. The maximum absolute atomic E-state index is 11.5. The van der Waals surface area contributed by atoms with Crippen LogP contribution in [-0.2, 0) is 4.74 Å². The number of carbonyl (C=O) groups excluding carboxylic acids is 1. The molecule has 3 rings (SSSR count). The molecule has 0 fully saturated rings. The molecule has 3 aromatic rings. The molecular formula is C27H29ClO4. The first-order chi connectivity index (χ1) is 15.4. The molecule has 4 nitrogen and oxygen atoms in total. The monoisotopic (exact) mass is 452 g/mol. The Labute approximate surface area is 194 Å². The molecule has 0 saturated heterocycles. The van der Waals surface area contributed by atoms with Gasteiger partial charge in [-0.1, -0.05) is 41.9 Å². The lowest BCUT2D eigenvalue weighted by Crippen LogP contribution is -2.13. The zero-order chi connectivity index (χ0) is 23.1. The van der Waals surface area contributed by atoms with Crippen molar-refractivity contribution in [2.45, 2.75) is 38.7 Å². The Hall–Kier alpha value is -2.82. The van der Waals surface area contributed by atoms with Crippen LogP contribution in [0.3, 0.4) is 0 Å². The molecule has 2 atom stereocenters. The van der Waals surface area contributed by atoms with Gasteiger partial charge in [0.05, 0.1) is 25.4 Å². The number of aliphatic hydroxyl groups excluding tert-OH is 1. The summed E-state index contributed by atoms with van der Waals surface area (Å²) in [5, 5.41) is 11.9. The van der Waals surface area contributed by atoms with E-state index in [1.807, 2.05) is 36.4 Å². The van der Waals surface area contributed by atoms with Gasteiger partial charge in [0, 0.05) is 10.9 Å². The summed E-state index contributed by atoms with van der Waals surface area (Å²) in [6.07, 6.45) is 0.832. The summed E-state index contributed by atoms with van der Waals surface area (Å²) in [6, 6.07) is 20.6. The molecule has 0 aromatic heterocycles. The molecule has 0 spiro atoms. The number of ether oxygens (including phenoxy) is 2. The molecule has 0 radical (unpaired) electrons. The molecule has 0 bridgehead atoms. The molecule has 0 amide bonds. The van der Waals surface area contributed by atoms with E-state index in [9.17, 15) is 9.90 Å². The molecule has 32 heavy (non-hydrogen) atoms. The average Bonchev–Trinajstić information content (AvgIpc) is 2.80. The lowest BCUT2D eigenvalue weighted by atomic mass is 9.85. The number of esters is 1. The molecule has 0 heterocycles. The van der Waals surface area contributed by atoms with Gasteiger partial charge in [0.15, 0.2) is 0 Å². The first-order valence-corrected chi connectivity index (χ1v) is 11.1. The summed E-state index contributed by atoms with van der Waals surface area (Å²) in [4.78, 5) is 11.5. The second-order valence-corrected chi connectivity index (χ2v) is 8.39. The van der Waals surface area contributed by atoms with Crippen LogP contribution < -0.4 is 4.74 Å². The van der Waals surface area contributed by atoms with Gasteiger partial charge in [-0.15, -0.1) is 0 Å². The summed E-state index contributed by atoms with van der Waals surface area (Å²) in [7, 11) is 1.36. The van der Waals surface area contributed by atoms with Crippen LogP contribution in [0.1, 0.15) is 57.5 Å². The molecule has 168 valence electrons. The van der Waals surface area contributed by atoms with Crippen molar-refractivity contribution >= 4 is 17.6 Å². The van der Waals surface area contributed by atoms with Crippen LogP contribution in [0.25, 0.3) is 0 Å². The minimum atomic E-state index is -0.646. The van der Waals surface area contributed by atoms with Crippen LogP contribution >= 0.6 is 11.6 Å². The van der Waals surface area contributed by atoms with Gasteiger partial charge in [0.1, 0.15) is 5.75 Å². The van der Waals surface area contributed by atoms with E-state index in [1.54, 1.807) is 24.3 Å². The van der Waals surface area contributed by atoms with Crippen molar-refractivity contribution in [3.63, 3.8) is 0 Å². The van der Waals surface area contributed by atoms with Crippen LogP contribution in [0.2, 0.25) is 5.02 Å². The average molecular weight is 453 g/mol. The molecule has 0 aliphatic carbocycles. The lowest BCUT2D eigenvalue weighted by Gasteiger charge is -2.25. The number of benzene rings is 3. The number of rotatable bonds is 9. The van der Waals surface area contributed by atoms with Crippen molar-refractivity contribution in [1.82, 2.24) is 0 Å². The van der Waals surface area contributed by atoms with Crippen LogP contribution in [0.15, 0.2) is 66.7 Å². The molecule has 2 unspecified atom stereocenters. The predicted octanol–water partition coefficient (Wildman–Crippen LogP) is 6.42. The fourth-order valence-electron chi connectivity index (χ4n) is 3.72. The topological polar surface area (TPSA) is 55.8 Å². The second-order valence-electron chi connectivity index (χ2n) is 7.96.